The molecule has 2 aliphatic carbocycles. The topological polar surface area (TPSA) is 59.8 Å². The number of aryl methyl sites for hydroxylation is 1. The first-order chi connectivity index (χ1) is 14.1. The zero-order valence-corrected chi connectivity index (χ0v) is 19.3. The molecule has 1 aromatic heterocycles. The van der Waals surface area contributed by atoms with Gasteiger partial charge in [-0.2, -0.15) is 0 Å². The summed E-state index contributed by atoms with van der Waals surface area (Å²) in [5, 5.41) is 0. The van der Waals surface area contributed by atoms with Gasteiger partial charge in [-0.1, -0.05) is 25.5 Å². The summed E-state index contributed by atoms with van der Waals surface area (Å²) in [6.45, 7) is 11.0. The van der Waals surface area contributed by atoms with E-state index in [0.29, 0.717) is 18.4 Å². The summed E-state index contributed by atoms with van der Waals surface area (Å²) in [5.74, 6) is 1.51. The molecule has 0 N–H and O–H groups in total. The van der Waals surface area contributed by atoms with Gasteiger partial charge in [0.1, 0.15) is 5.76 Å². The summed E-state index contributed by atoms with van der Waals surface area (Å²) in [6.07, 6.45) is 8.65. The van der Waals surface area contributed by atoms with Crippen molar-refractivity contribution in [3.8, 4) is 0 Å². The van der Waals surface area contributed by atoms with E-state index in [0.717, 1.165) is 56.3 Å². The second-order valence-corrected chi connectivity index (χ2v) is 9.85. The van der Waals surface area contributed by atoms with Gasteiger partial charge in [0.25, 0.3) is 0 Å². The van der Waals surface area contributed by atoms with E-state index in [4.69, 9.17) is 9.15 Å². The third kappa shape index (κ3) is 3.95. The molecule has 0 unspecified atom stereocenters. The molecule has 3 rings (SSSR count). The lowest BCUT2D eigenvalue weighted by Crippen LogP contribution is -2.53. The number of fused-ring (bicyclic) bond motifs is 1. The van der Waals surface area contributed by atoms with Crippen molar-refractivity contribution in [1.82, 2.24) is 4.90 Å². The minimum absolute atomic E-state index is 0.0256. The molecule has 0 radical (unpaired) electrons. The van der Waals surface area contributed by atoms with Gasteiger partial charge >= 0.3 is 5.97 Å². The van der Waals surface area contributed by atoms with Gasteiger partial charge in [0.15, 0.2) is 0 Å². The van der Waals surface area contributed by atoms with Gasteiger partial charge in [-0.05, 0) is 74.3 Å². The lowest BCUT2D eigenvalue weighted by atomic mass is 9.46. The number of amides is 1. The van der Waals surface area contributed by atoms with E-state index in [1.165, 1.54) is 12.7 Å². The number of carbonyl (C=O) groups excluding carboxylic acids is 2. The number of nitrogens with zero attached hydrogens (tertiary/aromatic N) is 1. The average Bonchev–Trinajstić information content (AvgIpc) is 3.13. The molecule has 5 nitrogen and oxygen atoms in total. The van der Waals surface area contributed by atoms with Crippen molar-refractivity contribution in [3.05, 3.63) is 35.8 Å². The summed E-state index contributed by atoms with van der Waals surface area (Å²) in [4.78, 5) is 26.0. The molecular formula is C25H37NO4. The van der Waals surface area contributed by atoms with E-state index < -0.39 is 5.41 Å². The highest BCUT2D eigenvalue weighted by atomic mass is 16.5. The molecule has 0 aliphatic heterocycles. The molecule has 0 saturated heterocycles. The lowest BCUT2D eigenvalue weighted by molar-refractivity contribution is -0.168. The van der Waals surface area contributed by atoms with Crippen molar-refractivity contribution in [2.75, 3.05) is 14.2 Å². The van der Waals surface area contributed by atoms with E-state index in [1.54, 1.807) is 25.1 Å². The number of allylic oxidation sites excluding steroid dienone is 1. The van der Waals surface area contributed by atoms with E-state index in [-0.39, 0.29) is 17.3 Å². The van der Waals surface area contributed by atoms with Gasteiger partial charge in [-0.3, -0.25) is 9.59 Å². The highest BCUT2D eigenvalue weighted by Gasteiger charge is 2.57. The summed E-state index contributed by atoms with van der Waals surface area (Å²) in [7, 11) is 3.30. The van der Waals surface area contributed by atoms with E-state index in [2.05, 4.69) is 20.4 Å². The summed E-state index contributed by atoms with van der Waals surface area (Å²) in [5.41, 5.74) is 2.12. The van der Waals surface area contributed by atoms with E-state index >= 15 is 0 Å². The van der Waals surface area contributed by atoms with Crippen molar-refractivity contribution in [2.24, 2.45) is 22.7 Å². The standard InChI is InChI=1S/C25H37NO4/c1-17-8-11-22-24(3,13-7-14-25(22,4)23(28)29-6)20(17)10-9-19-12-15-30-21(19)16-26(5)18(2)27/h12,15,20,22H,1,7-11,13-14,16H2,2-6H3/t20-,22+,24-,25-/m1/s1. The minimum atomic E-state index is -0.411. The van der Waals surface area contributed by atoms with Crippen molar-refractivity contribution in [2.45, 2.75) is 72.3 Å². The Balaban J connectivity index is 1.79. The van der Waals surface area contributed by atoms with Gasteiger partial charge in [-0.25, -0.2) is 0 Å². The van der Waals surface area contributed by atoms with Crippen LogP contribution in [0.25, 0.3) is 0 Å². The van der Waals surface area contributed by atoms with Gasteiger partial charge in [0.2, 0.25) is 5.91 Å². The fourth-order valence-corrected chi connectivity index (χ4v) is 6.31. The molecule has 0 bridgehead atoms. The van der Waals surface area contributed by atoms with E-state index in [1.807, 2.05) is 6.07 Å². The predicted octanol–water partition coefficient (Wildman–Crippen LogP) is 5.14. The third-order valence-corrected chi connectivity index (χ3v) is 8.13. The highest BCUT2D eigenvalue weighted by Crippen LogP contribution is 2.62. The van der Waals surface area contributed by atoms with Crippen LogP contribution in [0, 0.1) is 22.7 Å². The Labute approximate surface area is 180 Å². The van der Waals surface area contributed by atoms with Gasteiger partial charge in [0, 0.05) is 14.0 Å². The molecule has 1 aromatic rings. The molecule has 2 fully saturated rings. The number of esters is 1. The molecule has 4 atom stereocenters. The van der Waals surface area contributed by atoms with Crippen LogP contribution in [0.2, 0.25) is 0 Å². The van der Waals surface area contributed by atoms with Gasteiger partial charge in [-0.15, -0.1) is 0 Å². The van der Waals surface area contributed by atoms with Crippen LogP contribution in [0.5, 0.6) is 0 Å². The Kier molecular flexibility index (Phi) is 6.49. The first-order valence-corrected chi connectivity index (χ1v) is 11.2. The maximum atomic E-state index is 12.7. The zero-order chi connectivity index (χ0) is 22.1. The van der Waals surface area contributed by atoms with Crippen LogP contribution in [0.1, 0.15) is 70.6 Å². The molecule has 2 aliphatic rings. The SMILES string of the molecule is C=C1CC[C@H]2[C@](C)(CCC[C@@]2(C)C(=O)OC)[C@@H]1CCc1ccoc1CN(C)C(C)=O. The van der Waals surface area contributed by atoms with Crippen LogP contribution < -0.4 is 0 Å². The van der Waals surface area contributed by atoms with Crippen molar-refractivity contribution in [1.29, 1.82) is 0 Å². The molecule has 30 heavy (non-hydrogen) atoms. The molecule has 0 spiro atoms. The number of furan rings is 1. The number of ether oxygens (including phenoxy) is 1. The monoisotopic (exact) mass is 415 g/mol. The van der Waals surface area contributed by atoms with Gasteiger partial charge < -0.3 is 14.1 Å². The van der Waals surface area contributed by atoms with Crippen LogP contribution in [-0.2, 0) is 27.3 Å². The molecule has 1 amide bonds. The van der Waals surface area contributed by atoms with Crippen LogP contribution in [-0.4, -0.2) is 30.9 Å². The first-order valence-electron chi connectivity index (χ1n) is 11.2. The molecule has 5 heteroatoms. The Morgan fingerprint density at radius 2 is 2.07 bits per heavy atom. The molecule has 2 saturated carbocycles. The maximum absolute atomic E-state index is 12.7. The Hall–Kier alpha value is -2.04. The Morgan fingerprint density at radius 1 is 1.33 bits per heavy atom. The van der Waals surface area contributed by atoms with Crippen molar-refractivity contribution in [3.63, 3.8) is 0 Å². The fourth-order valence-electron chi connectivity index (χ4n) is 6.31. The Morgan fingerprint density at radius 3 is 2.73 bits per heavy atom. The largest absolute Gasteiger partial charge is 0.469 e. The quantitative estimate of drug-likeness (QED) is 0.477. The van der Waals surface area contributed by atoms with Crippen LogP contribution >= 0.6 is 0 Å². The fraction of sp³-hybridized carbons (Fsp3) is 0.680. The summed E-state index contributed by atoms with van der Waals surface area (Å²) < 4.78 is 10.9. The lowest BCUT2D eigenvalue weighted by Gasteiger charge is -2.57. The summed E-state index contributed by atoms with van der Waals surface area (Å²) >= 11 is 0. The second-order valence-electron chi connectivity index (χ2n) is 9.85. The highest BCUT2D eigenvalue weighted by molar-refractivity contribution is 5.77. The number of hydrogen-bond acceptors (Lipinski definition) is 4. The van der Waals surface area contributed by atoms with Gasteiger partial charge in [0.05, 0.1) is 25.3 Å². The third-order valence-electron chi connectivity index (χ3n) is 8.13. The normalized spacial score (nSPS) is 31.2. The predicted molar refractivity (Wildman–Crippen MR) is 117 cm³/mol. The summed E-state index contributed by atoms with van der Waals surface area (Å²) in [6, 6.07) is 2.02. The van der Waals surface area contributed by atoms with Crippen LogP contribution in [0.3, 0.4) is 0 Å². The average molecular weight is 416 g/mol. The molecule has 166 valence electrons. The number of methoxy groups -OCH3 is 1. The first kappa shape index (κ1) is 22.6. The second kappa shape index (κ2) is 8.60. The zero-order valence-electron chi connectivity index (χ0n) is 19.3. The number of rotatable bonds is 6. The molecule has 0 aromatic carbocycles. The van der Waals surface area contributed by atoms with Crippen LogP contribution in [0.15, 0.2) is 28.9 Å². The van der Waals surface area contributed by atoms with Crippen LogP contribution in [0.4, 0.5) is 0 Å². The Bertz CT molecular complexity index is 812. The molecular weight excluding hydrogens is 378 g/mol. The molecule has 1 heterocycles. The van der Waals surface area contributed by atoms with E-state index in [9.17, 15) is 9.59 Å². The smallest absolute Gasteiger partial charge is 0.311 e. The van der Waals surface area contributed by atoms with Crippen molar-refractivity contribution >= 4 is 11.9 Å². The number of hydrogen-bond donors (Lipinski definition) is 0. The number of carbonyl (C=O) groups is 2. The maximum Gasteiger partial charge on any atom is 0.311 e. The minimum Gasteiger partial charge on any atom is -0.469 e. The van der Waals surface area contributed by atoms with Crippen molar-refractivity contribution < 1.29 is 18.7 Å².